The van der Waals surface area contributed by atoms with Crippen molar-refractivity contribution in [2.24, 2.45) is 0 Å². The fraction of sp³-hybridized carbons (Fsp3) is 0.269. The highest BCUT2D eigenvalue weighted by atomic mass is 16.5. The minimum Gasteiger partial charge on any atom is -0.489 e. The molecule has 2 heterocycles. The topological polar surface area (TPSA) is 89.2 Å². The van der Waals surface area contributed by atoms with Crippen molar-refractivity contribution in [3.05, 3.63) is 82.9 Å². The highest BCUT2D eigenvalue weighted by Gasteiger charge is 2.16. The van der Waals surface area contributed by atoms with Gasteiger partial charge in [-0.25, -0.2) is 0 Å². The van der Waals surface area contributed by atoms with Crippen LogP contribution in [0.3, 0.4) is 0 Å². The third kappa shape index (κ3) is 6.09. The minimum absolute atomic E-state index is 0.0338. The number of aromatic nitrogens is 2. The van der Waals surface area contributed by atoms with Gasteiger partial charge in [0.05, 0.1) is 12.6 Å². The molecule has 3 rings (SSSR count). The van der Waals surface area contributed by atoms with E-state index in [1.807, 2.05) is 38.1 Å². The van der Waals surface area contributed by atoms with Crippen LogP contribution in [0, 0.1) is 25.2 Å². The third-order valence-electron chi connectivity index (χ3n) is 5.28. The normalized spacial score (nSPS) is 12.2. The Labute approximate surface area is 194 Å². The number of nitrogens with zero attached hydrogens (tertiary/aromatic N) is 3. The van der Waals surface area contributed by atoms with Gasteiger partial charge in [0.15, 0.2) is 0 Å². The summed E-state index contributed by atoms with van der Waals surface area (Å²) in [6, 6.07) is 15.0. The van der Waals surface area contributed by atoms with Gasteiger partial charge in [-0.3, -0.25) is 9.78 Å². The Bertz CT molecular complexity index is 1160. The summed E-state index contributed by atoms with van der Waals surface area (Å²) in [5.74, 6) is 0.210. The van der Waals surface area contributed by atoms with Crippen molar-refractivity contribution < 1.29 is 14.3 Å². The standard InChI is InChI=1S/C26H28N4O3/c1-18-12-22(20(3)30(18)19(2)16-32-4)13-23(14-27)26(31)29-24-7-9-25(10-8-24)33-17-21-6-5-11-28-15-21/h5-13,15,19H,16-17H2,1-4H3,(H,29,31)/b23-13-. The van der Waals surface area contributed by atoms with Crippen molar-refractivity contribution in [3.63, 3.8) is 0 Å². The second kappa shape index (κ2) is 11.1. The van der Waals surface area contributed by atoms with Crippen molar-refractivity contribution in [2.45, 2.75) is 33.4 Å². The van der Waals surface area contributed by atoms with Crippen LogP contribution in [0.15, 0.2) is 60.4 Å². The van der Waals surface area contributed by atoms with Crippen molar-refractivity contribution in [1.82, 2.24) is 9.55 Å². The first-order valence-electron chi connectivity index (χ1n) is 10.6. The molecule has 0 saturated heterocycles. The number of rotatable bonds is 9. The quantitative estimate of drug-likeness (QED) is 0.377. The molecule has 1 atom stereocenters. The molecular formula is C26H28N4O3. The summed E-state index contributed by atoms with van der Waals surface area (Å²) in [6.07, 6.45) is 5.09. The molecule has 0 aliphatic carbocycles. The maximum Gasteiger partial charge on any atom is 0.266 e. The van der Waals surface area contributed by atoms with E-state index in [-0.39, 0.29) is 11.6 Å². The van der Waals surface area contributed by atoms with Gasteiger partial charge in [-0.05, 0) is 68.8 Å². The Balaban J connectivity index is 1.68. The molecule has 170 valence electrons. The molecule has 0 aliphatic heterocycles. The van der Waals surface area contributed by atoms with E-state index in [1.54, 1.807) is 49.8 Å². The van der Waals surface area contributed by atoms with Crippen LogP contribution in [0.5, 0.6) is 5.75 Å². The average molecular weight is 445 g/mol. The van der Waals surface area contributed by atoms with E-state index in [0.29, 0.717) is 24.7 Å². The molecule has 7 heteroatoms. The molecule has 0 aliphatic rings. The number of nitrogens with one attached hydrogen (secondary N) is 1. The van der Waals surface area contributed by atoms with Crippen molar-refractivity contribution in [3.8, 4) is 11.8 Å². The lowest BCUT2D eigenvalue weighted by Gasteiger charge is -2.17. The van der Waals surface area contributed by atoms with Gasteiger partial charge < -0.3 is 19.4 Å². The number of carbonyl (C=O) groups is 1. The van der Waals surface area contributed by atoms with E-state index in [9.17, 15) is 10.1 Å². The van der Waals surface area contributed by atoms with E-state index < -0.39 is 5.91 Å². The zero-order valence-electron chi connectivity index (χ0n) is 19.3. The molecule has 1 N–H and O–H groups in total. The maximum absolute atomic E-state index is 12.7. The van der Waals surface area contributed by atoms with Crippen LogP contribution in [0.4, 0.5) is 5.69 Å². The molecule has 0 fully saturated rings. The van der Waals surface area contributed by atoms with E-state index in [2.05, 4.69) is 21.8 Å². The number of carbonyl (C=O) groups excluding carboxylic acids is 1. The van der Waals surface area contributed by atoms with Crippen LogP contribution in [0.2, 0.25) is 0 Å². The molecular weight excluding hydrogens is 416 g/mol. The summed E-state index contributed by atoms with van der Waals surface area (Å²) in [4.78, 5) is 16.8. The Hall–Kier alpha value is -3.89. The van der Waals surface area contributed by atoms with E-state index >= 15 is 0 Å². The zero-order valence-corrected chi connectivity index (χ0v) is 19.3. The molecule has 3 aromatic rings. The number of nitriles is 1. The van der Waals surface area contributed by atoms with Crippen LogP contribution >= 0.6 is 0 Å². The zero-order chi connectivity index (χ0) is 23.8. The predicted molar refractivity (Wildman–Crippen MR) is 128 cm³/mol. The smallest absolute Gasteiger partial charge is 0.266 e. The second-order valence-corrected chi connectivity index (χ2v) is 7.80. The monoisotopic (exact) mass is 444 g/mol. The number of amides is 1. The molecule has 2 aromatic heterocycles. The lowest BCUT2D eigenvalue weighted by molar-refractivity contribution is -0.112. The largest absolute Gasteiger partial charge is 0.489 e. The summed E-state index contributed by atoms with van der Waals surface area (Å²) >= 11 is 0. The first kappa shape index (κ1) is 23.8. The van der Waals surface area contributed by atoms with Gasteiger partial charge in [0.2, 0.25) is 0 Å². The average Bonchev–Trinajstić information content (AvgIpc) is 3.10. The summed E-state index contributed by atoms with van der Waals surface area (Å²) in [6.45, 7) is 7.02. The van der Waals surface area contributed by atoms with Crippen LogP contribution < -0.4 is 10.1 Å². The van der Waals surface area contributed by atoms with Crippen molar-refractivity contribution in [2.75, 3.05) is 19.0 Å². The van der Waals surface area contributed by atoms with Crippen LogP contribution in [-0.2, 0) is 16.1 Å². The third-order valence-corrected chi connectivity index (χ3v) is 5.28. The number of methoxy groups -OCH3 is 1. The van der Waals surface area contributed by atoms with Gasteiger partial charge in [-0.1, -0.05) is 6.07 Å². The van der Waals surface area contributed by atoms with E-state index in [4.69, 9.17) is 9.47 Å². The molecule has 1 amide bonds. The lowest BCUT2D eigenvalue weighted by atomic mass is 10.1. The summed E-state index contributed by atoms with van der Waals surface area (Å²) < 4.78 is 13.1. The van der Waals surface area contributed by atoms with Crippen LogP contribution in [0.25, 0.3) is 6.08 Å². The Morgan fingerprint density at radius 1 is 1.27 bits per heavy atom. The number of anilines is 1. The fourth-order valence-corrected chi connectivity index (χ4v) is 3.73. The van der Waals surface area contributed by atoms with Crippen LogP contribution in [0.1, 0.15) is 35.5 Å². The van der Waals surface area contributed by atoms with Gasteiger partial charge in [0, 0.05) is 42.1 Å². The molecule has 0 saturated carbocycles. The number of ether oxygens (including phenoxy) is 2. The highest BCUT2D eigenvalue weighted by molar-refractivity contribution is 6.09. The SMILES string of the molecule is COCC(C)n1c(C)cc(/C=C(/C#N)C(=O)Nc2ccc(OCc3cccnc3)cc2)c1C. The Morgan fingerprint density at radius 3 is 2.67 bits per heavy atom. The lowest BCUT2D eigenvalue weighted by Crippen LogP contribution is -2.14. The van der Waals surface area contributed by atoms with Gasteiger partial charge >= 0.3 is 0 Å². The summed E-state index contributed by atoms with van der Waals surface area (Å²) in [7, 11) is 1.67. The minimum atomic E-state index is -0.462. The molecule has 0 bridgehead atoms. The van der Waals surface area contributed by atoms with Crippen molar-refractivity contribution in [1.29, 1.82) is 5.26 Å². The molecule has 0 spiro atoms. The highest BCUT2D eigenvalue weighted by Crippen LogP contribution is 2.23. The molecule has 1 aromatic carbocycles. The predicted octanol–water partition coefficient (Wildman–Crippen LogP) is 4.83. The number of aryl methyl sites for hydroxylation is 1. The number of hydrogen-bond acceptors (Lipinski definition) is 5. The maximum atomic E-state index is 12.7. The van der Waals surface area contributed by atoms with Gasteiger partial charge in [-0.2, -0.15) is 5.26 Å². The number of benzene rings is 1. The summed E-state index contributed by atoms with van der Waals surface area (Å²) in [5.41, 5.74) is 4.44. The van der Waals surface area contributed by atoms with E-state index in [0.717, 1.165) is 22.5 Å². The first-order chi connectivity index (χ1) is 15.9. The van der Waals surface area contributed by atoms with Gasteiger partial charge in [0.1, 0.15) is 24.0 Å². The Kier molecular flexibility index (Phi) is 8.01. The van der Waals surface area contributed by atoms with Gasteiger partial charge in [-0.15, -0.1) is 0 Å². The van der Waals surface area contributed by atoms with Gasteiger partial charge in [0.25, 0.3) is 5.91 Å². The van der Waals surface area contributed by atoms with Crippen LogP contribution in [-0.4, -0.2) is 29.2 Å². The first-order valence-corrected chi connectivity index (χ1v) is 10.6. The van der Waals surface area contributed by atoms with E-state index in [1.165, 1.54) is 0 Å². The number of hydrogen-bond donors (Lipinski definition) is 1. The molecule has 1 unspecified atom stereocenters. The second-order valence-electron chi connectivity index (χ2n) is 7.80. The molecule has 0 radical (unpaired) electrons. The summed E-state index contributed by atoms with van der Waals surface area (Å²) in [5, 5.41) is 12.4. The van der Waals surface area contributed by atoms with Crippen molar-refractivity contribution >= 4 is 17.7 Å². The molecule has 33 heavy (non-hydrogen) atoms. The fourth-order valence-electron chi connectivity index (χ4n) is 3.73. The Morgan fingerprint density at radius 2 is 2.03 bits per heavy atom. The molecule has 7 nitrogen and oxygen atoms in total. The number of pyridine rings is 1.